The van der Waals surface area contributed by atoms with E-state index in [4.69, 9.17) is 0 Å². The summed E-state index contributed by atoms with van der Waals surface area (Å²) in [4.78, 5) is 33.9. The summed E-state index contributed by atoms with van der Waals surface area (Å²) in [6.07, 6.45) is 5.77. The van der Waals surface area contributed by atoms with Gasteiger partial charge in [0.15, 0.2) is 11.4 Å². The van der Waals surface area contributed by atoms with Crippen molar-refractivity contribution >= 4 is 23.3 Å². The highest BCUT2D eigenvalue weighted by atomic mass is 16.2. The molecule has 9 heteroatoms. The fourth-order valence-corrected chi connectivity index (χ4v) is 3.61. The van der Waals surface area contributed by atoms with Gasteiger partial charge in [-0.15, -0.1) is 5.10 Å². The maximum Gasteiger partial charge on any atom is 0.257 e. The van der Waals surface area contributed by atoms with Crippen LogP contribution in [0, 0.1) is 0 Å². The highest BCUT2D eigenvalue weighted by Gasteiger charge is 2.24. The lowest BCUT2D eigenvalue weighted by atomic mass is 10.1. The summed E-state index contributed by atoms with van der Waals surface area (Å²) in [6.45, 7) is 4.40. The Kier molecular flexibility index (Phi) is 5.04. The molecule has 1 saturated heterocycles. The number of hydrogen-bond acceptors (Lipinski definition) is 6. The molecule has 1 aliphatic heterocycles. The van der Waals surface area contributed by atoms with Crippen LogP contribution in [-0.4, -0.2) is 67.7 Å². The number of anilines is 1. The van der Waals surface area contributed by atoms with Gasteiger partial charge >= 0.3 is 0 Å². The molecule has 152 valence electrons. The van der Waals surface area contributed by atoms with E-state index in [1.54, 1.807) is 23.5 Å². The summed E-state index contributed by atoms with van der Waals surface area (Å²) < 4.78 is 3.19. The molecule has 0 N–H and O–H groups in total. The Morgan fingerprint density at radius 3 is 2.69 bits per heavy atom. The standard InChI is InChI=1S/C20H25N7O2/c1-4-24(2)19(29)15-12-21-25(3)18(15)16(28)11-14-7-8-17-22-20(23-27(17)13-14)26-9-5-6-10-26/h7-8,12-13H,4-6,9-11H2,1-3H3. The molecule has 1 aliphatic rings. The van der Waals surface area contributed by atoms with Crippen LogP contribution in [0.15, 0.2) is 24.5 Å². The Morgan fingerprint density at radius 2 is 1.97 bits per heavy atom. The van der Waals surface area contributed by atoms with E-state index in [-0.39, 0.29) is 18.1 Å². The number of aromatic nitrogens is 5. The molecule has 9 nitrogen and oxygen atoms in total. The number of hydrogen-bond donors (Lipinski definition) is 0. The largest absolute Gasteiger partial charge is 0.342 e. The third-order valence-electron chi connectivity index (χ3n) is 5.39. The van der Waals surface area contributed by atoms with Crippen molar-refractivity contribution < 1.29 is 9.59 Å². The number of fused-ring (bicyclic) bond motifs is 1. The minimum atomic E-state index is -0.203. The normalized spacial score (nSPS) is 14.0. The van der Waals surface area contributed by atoms with Crippen molar-refractivity contribution in [3.05, 3.63) is 41.3 Å². The van der Waals surface area contributed by atoms with Crippen LogP contribution in [0.4, 0.5) is 5.95 Å². The summed E-state index contributed by atoms with van der Waals surface area (Å²) in [6, 6.07) is 3.75. The molecule has 1 amide bonds. The van der Waals surface area contributed by atoms with Gasteiger partial charge in [0.1, 0.15) is 5.69 Å². The maximum atomic E-state index is 13.0. The third kappa shape index (κ3) is 3.59. The van der Waals surface area contributed by atoms with Gasteiger partial charge in [-0.05, 0) is 31.4 Å². The molecular formula is C20H25N7O2. The first-order valence-corrected chi connectivity index (χ1v) is 9.89. The van der Waals surface area contributed by atoms with Crippen LogP contribution in [0.3, 0.4) is 0 Å². The molecule has 1 fully saturated rings. The van der Waals surface area contributed by atoms with Gasteiger partial charge in [-0.1, -0.05) is 6.07 Å². The lowest BCUT2D eigenvalue weighted by Gasteiger charge is -2.14. The number of amides is 1. The van der Waals surface area contributed by atoms with Crippen LogP contribution in [0.25, 0.3) is 5.65 Å². The number of aryl methyl sites for hydroxylation is 1. The molecule has 0 bridgehead atoms. The number of carbonyl (C=O) groups is 2. The Balaban J connectivity index is 1.58. The molecule has 0 aliphatic carbocycles. The zero-order chi connectivity index (χ0) is 20.5. The highest BCUT2D eigenvalue weighted by molar-refractivity contribution is 6.07. The van der Waals surface area contributed by atoms with Crippen molar-refractivity contribution in [1.82, 2.24) is 29.3 Å². The fourth-order valence-electron chi connectivity index (χ4n) is 3.61. The average molecular weight is 395 g/mol. The number of ketones is 1. The second-order valence-electron chi connectivity index (χ2n) is 7.40. The van der Waals surface area contributed by atoms with Gasteiger partial charge in [0.05, 0.1) is 11.8 Å². The third-order valence-corrected chi connectivity index (χ3v) is 5.39. The van der Waals surface area contributed by atoms with Crippen molar-refractivity contribution in [3.63, 3.8) is 0 Å². The second-order valence-corrected chi connectivity index (χ2v) is 7.40. The van der Waals surface area contributed by atoms with Crippen molar-refractivity contribution in [2.45, 2.75) is 26.2 Å². The SMILES string of the molecule is CCN(C)C(=O)c1cnn(C)c1C(=O)Cc1ccc2nc(N3CCCC3)nn2c1. The van der Waals surface area contributed by atoms with Crippen LogP contribution in [0.2, 0.25) is 0 Å². The Hall–Kier alpha value is -3.23. The summed E-state index contributed by atoms with van der Waals surface area (Å²) in [7, 11) is 3.39. The zero-order valence-corrected chi connectivity index (χ0v) is 17.0. The predicted molar refractivity (Wildman–Crippen MR) is 108 cm³/mol. The molecule has 0 spiro atoms. The molecule has 0 atom stereocenters. The first kappa shape index (κ1) is 19.1. The van der Waals surface area contributed by atoms with E-state index in [1.165, 1.54) is 10.9 Å². The molecule has 3 aromatic heterocycles. The summed E-state index contributed by atoms with van der Waals surface area (Å²) >= 11 is 0. The first-order chi connectivity index (χ1) is 14.0. The topological polar surface area (TPSA) is 88.6 Å². The van der Waals surface area contributed by atoms with Gasteiger partial charge < -0.3 is 9.80 Å². The molecule has 3 aromatic rings. The van der Waals surface area contributed by atoms with Crippen LogP contribution in [0.5, 0.6) is 0 Å². The molecular weight excluding hydrogens is 370 g/mol. The molecule has 0 radical (unpaired) electrons. The van der Waals surface area contributed by atoms with E-state index in [0.717, 1.165) is 43.1 Å². The molecule has 0 saturated carbocycles. The minimum absolute atomic E-state index is 0.155. The summed E-state index contributed by atoms with van der Waals surface area (Å²) in [5.74, 6) is 0.371. The van der Waals surface area contributed by atoms with Crippen molar-refractivity contribution in [2.24, 2.45) is 7.05 Å². The fraction of sp³-hybridized carbons (Fsp3) is 0.450. The van der Waals surface area contributed by atoms with E-state index in [1.807, 2.05) is 25.3 Å². The summed E-state index contributed by atoms with van der Waals surface area (Å²) in [5.41, 5.74) is 2.22. The molecule has 4 heterocycles. The monoisotopic (exact) mass is 395 g/mol. The number of carbonyl (C=O) groups excluding carboxylic acids is 2. The van der Waals surface area contributed by atoms with Gasteiger partial charge in [0, 0.05) is 46.3 Å². The van der Waals surface area contributed by atoms with Crippen molar-refractivity contribution in [1.29, 1.82) is 0 Å². The van der Waals surface area contributed by atoms with Crippen LogP contribution in [-0.2, 0) is 13.5 Å². The Morgan fingerprint density at radius 1 is 1.21 bits per heavy atom. The molecule has 0 aromatic carbocycles. The number of Topliss-reactive ketones (excluding diaryl/α,β-unsaturated/α-hetero) is 1. The van der Waals surface area contributed by atoms with Gasteiger partial charge in [-0.25, -0.2) is 4.52 Å². The van der Waals surface area contributed by atoms with E-state index in [9.17, 15) is 9.59 Å². The number of pyridine rings is 1. The summed E-state index contributed by atoms with van der Waals surface area (Å²) in [5, 5.41) is 8.69. The lowest BCUT2D eigenvalue weighted by molar-refractivity contribution is 0.0795. The van der Waals surface area contributed by atoms with Gasteiger partial charge in [0.2, 0.25) is 5.95 Å². The van der Waals surface area contributed by atoms with Gasteiger partial charge in [-0.3, -0.25) is 14.3 Å². The van der Waals surface area contributed by atoms with E-state index in [0.29, 0.717) is 17.8 Å². The smallest absolute Gasteiger partial charge is 0.257 e. The molecule has 29 heavy (non-hydrogen) atoms. The van der Waals surface area contributed by atoms with Crippen LogP contribution >= 0.6 is 0 Å². The number of rotatable bonds is 6. The number of nitrogens with zero attached hydrogens (tertiary/aromatic N) is 7. The van der Waals surface area contributed by atoms with E-state index in [2.05, 4.69) is 20.1 Å². The maximum absolute atomic E-state index is 13.0. The second kappa shape index (κ2) is 7.65. The zero-order valence-electron chi connectivity index (χ0n) is 17.0. The quantitative estimate of drug-likeness (QED) is 0.589. The predicted octanol–water partition coefficient (Wildman–Crippen LogP) is 1.58. The lowest BCUT2D eigenvalue weighted by Crippen LogP contribution is -2.28. The van der Waals surface area contributed by atoms with Crippen molar-refractivity contribution in [3.8, 4) is 0 Å². The molecule has 4 rings (SSSR count). The van der Waals surface area contributed by atoms with Crippen LogP contribution in [0.1, 0.15) is 46.2 Å². The molecule has 0 unspecified atom stereocenters. The van der Waals surface area contributed by atoms with Crippen molar-refractivity contribution in [2.75, 3.05) is 31.6 Å². The average Bonchev–Trinajstić information content (AvgIpc) is 3.45. The Labute approximate surface area is 168 Å². The van der Waals surface area contributed by atoms with Gasteiger partial charge in [0.25, 0.3) is 5.91 Å². The Bertz CT molecular complexity index is 1060. The van der Waals surface area contributed by atoms with E-state index < -0.39 is 0 Å². The van der Waals surface area contributed by atoms with E-state index >= 15 is 0 Å². The minimum Gasteiger partial charge on any atom is -0.342 e. The van der Waals surface area contributed by atoms with Gasteiger partial charge in [-0.2, -0.15) is 10.1 Å². The van der Waals surface area contributed by atoms with Crippen LogP contribution < -0.4 is 4.90 Å². The first-order valence-electron chi connectivity index (χ1n) is 9.89. The highest BCUT2D eigenvalue weighted by Crippen LogP contribution is 2.18.